The molecule has 106 valence electrons. The van der Waals surface area contributed by atoms with Crippen LogP contribution in [0.4, 0.5) is 0 Å². The fourth-order valence-electron chi connectivity index (χ4n) is 2.46. The Hall–Kier alpha value is -1.36. The van der Waals surface area contributed by atoms with Crippen molar-refractivity contribution in [1.82, 2.24) is 9.78 Å². The summed E-state index contributed by atoms with van der Waals surface area (Å²) in [5.74, 6) is 0.670. The Morgan fingerprint density at radius 2 is 2.47 bits per heavy atom. The van der Waals surface area contributed by atoms with Gasteiger partial charge in [0.05, 0.1) is 19.4 Å². The third kappa shape index (κ3) is 3.35. The summed E-state index contributed by atoms with van der Waals surface area (Å²) in [5, 5.41) is 4.22. The molecule has 1 saturated heterocycles. The first kappa shape index (κ1) is 14.1. The van der Waals surface area contributed by atoms with E-state index in [-0.39, 0.29) is 11.9 Å². The van der Waals surface area contributed by atoms with Gasteiger partial charge < -0.3 is 9.47 Å². The van der Waals surface area contributed by atoms with E-state index in [4.69, 9.17) is 9.47 Å². The zero-order valence-electron chi connectivity index (χ0n) is 11.7. The quantitative estimate of drug-likeness (QED) is 0.711. The minimum atomic E-state index is 0.0956. The maximum Gasteiger partial charge on any atom is 0.184 e. The van der Waals surface area contributed by atoms with Gasteiger partial charge in [0.15, 0.2) is 11.5 Å². The number of aromatic nitrogens is 2. The Bertz CT molecular complexity index is 422. The molecule has 0 aromatic carbocycles. The van der Waals surface area contributed by atoms with Crippen molar-refractivity contribution in [3.63, 3.8) is 0 Å². The predicted octanol–water partition coefficient (Wildman–Crippen LogP) is 2.44. The lowest BCUT2D eigenvalue weighted by Crippen LogP contribution is -2.14. The topological polar surface area (TPSA) is 53.4 Å². The number of ketones is 1. The van der Waals surface area contributed by atoms with Gasteiger partial charge in [0.25, 0.3) is 0 Å². The fourth-order valence-corrected chi connectivity index (χ4v) is 2.46. The SMILES string of the molecule is CCCn1ncc(OC)c1C(=O)CCC1CCCO1. The van der Waals surface area contributed by atoms with E-state index < -0.39 is 0 Å². The average Bonchev–Trinajstić information content (AvgIpc) is 3.05. The lowest BCUT2D eigenvalue weighted by atomic mass is 10.1. The van der Waals surface area contributed by atoms with Gasteiger partial charge in [-0.05, 0) is 25.7 Å². The van der Waals surface area contributed by atoms with E-state index in [0.29, 0.717) is 17.9 Å². The maximum atomic E-state index is 12.3. The highest BCUT2D eigenvalue weighted by Crippen LogP contribution is 2.23. The second-order valence-corrected chi connectivity index (χ2v) is 4.88. The number of carbonyl (C=O) groups is 1. The van der Waals surface area contributed by atoms with Crippen LogP contribution >= 0.6 is 0 Å². The van der Waals surface area contributed by atoms with Crippen molar-refractivity contribution in [3.05, 3.63) is 11.9 Å². The Morgan fingerprint density at radius 3 is 3.11 bits per heavy atom. The summed E-state index contributed by atoms with van der Waals surface area (Å²) in [4.78, 5) is 12.3. The van der Waals surface area contributed by atoms with Crippen LogP contribution in [0.25, 0.3) is 0 Å². The van der Waals surface area contributed by atoms with Crippen LogP contribution in [-0.2, 0) is 11.3 Å². The van der Waals surface area contributed by atoms with Crippen molar-refractivity contribution in [3.8, 4) is 5.75 Å². The smallest absolute Gasteiger partial charge is 0.184 e. The Balaban J connectivity index is 2.01. The largest absolute Gasteiger partial charge is 0.493 e. The number of hydrogen-bond acceptors (Lipinski definition) is 4. The van der Waals surface area contributed by atoms with Gasteiger partial charge in [0, 0.05) is 19.6 Å². The normalized spacial score (nSPS) is 18.7. The lowest BCUT2D eigenvalue weighted by molar-refractivity contribution is 0.0849. The summed E-state index contributed by atoms with van der Waals surface area (Å²) in [6, 6.07) is 0. The van der Waals surface area contributed by atoms with Crippen LogP contribution in [0.15, 0.2) is 6.20 Å². The molecule has 0 bridgehead atoms. The molecule has 2 rings (SSSR count). The van der Waals surface area contributed by atoms with Gasteiger partial charge in [-0.15, -0.1) is 0 Å². The summed E-state index contributed by atoms with van der Waals surface area (Å²) in [6.45, 7) is 3.63. The molecule has 0 radical (unpaired) electrons. The molecule has 1 fully saturated rings. The molecule has 5 heteroatoms. The van der Waals surface area contributed by atoms with Crippen molar-refractivity contribution >= 4 is 5.78 Å². The lowest BCUT2D eigenvalue weighted by Gasteiger charge is -2.10. The van der Waals surface area contributed by atoms with Crippen LogP contribution in [0.5, 0.6) is 5.75 Å². The van der Waals surface area contributed by atoms with E-state index in [9.17, 15) is 4.79 Å². The van der Waals surface area contributed by atoms with Gasteiger partial charge in [-0.1, -0.05) is 6.92 Å². The molecule has 0 amide bonds. The molecule has 1 unspecified atom stereocenters. The molecule has 1 aromatic rings. The third-order valence-corrected chi connectivity index (χ3v) is 3.44. The van der Waals surface area contributed by atoms with E-state index in [2.05, 4.69) is 12.0 Å². The Kier molecular flexibility index (Phi) is 4.96. The highest BCUT2D eigenvalue weighted by atomic mass is 16.5. The Labute approximate surface area is 113 Å². The van der Waals surface area contributed by atoms with Crippen LogP contribution in [0.2, 0.25) is 0 Å². The third-order valence-electron chi connectivity index (χ3n) is 3.44. The fraction of sp³-hybridized carbons (Fsp3) is 0.714. The number of aryl methyl sites for hydroxylation is 1. The standard InChI is InChI=1S/C14H22N2O3/c1-3-8-16-14(13(18-2)10-15-16)12(17)7-6-11-5-4-9-19-11/h10-11H,3-9H2,1-2H3. The number of hydrogen-bond donors (Lipinski definition) is 0. The Morgan fingerprint density at radius 1 is 1.63 bits per heavy atom. The summed E-state index contributed by atoms with van der Waals surface area (Å²) < 4.78 is 12.5. The van der Waals surface area contributed by atoms with Gasteiger partial charge in [-0.25, -0.2) is 0 Å². The van der Waals surface area contributed by atoms with Crippen molar-refractivity contribution in [2.45, 2.75) is 51.7 Å². The van der Waals surface area contributed by atoms with E-state index in [0.717, 1.165) is 38.8 Å². The summed E-state index contributed by atoms with van der Waals surface area (Å²) in [7, 11) is 1.57. The molecule has 1 atom stereocenters. The number of rotatable bonds is 7. The molecule has 0 N–H and O–H groups in total. The number of Topliss-reactive ketones (excluding diaryl/α,β-unsaturated/α-hetero) is 1. The van der Waals surface area contributed by atoms with E-state index in [1.807, 2.05) is 0 Å². The molecular weight excluding hydrogens is 244 g/mol. The minimum Gasteiger partial charge on any atom is -0.493 e. The average molecular weight is 266 g/mol. The molecule has 2 heterocycles. The monoisotopic (exact) mass is 266 g/mol. The van der Waals surface area contributed by atoms with Gasteiger partial charge in [0.2, 0.25) is 0 Å². The first-order valence-electron chi connectivity index (χ1n) is 7.00. The zero-order chi connectivity index (χ0) is 13.7. The van der Waals surface area contributed by atoms with Gasteiger partial charge in [0.1, 0.15) is 5.69 Å². The zero-order valence-corrected chi connectivity index (χ0v) is 11.7. The van der Waals surface area contributed by atoms with E-state index in [1.165, 1.54) is 0 Å². The number of nitrogens with zero attached hydrogens (tertiary/aromatic N) is 2. The summed E-state index contributed by atoms with van der Waals surface area (Å²) in [6.07, 6.45) is 6.27. The number of methoxy groups -OCH3 is 1. The van der Waals surface area contributed by atoms with E-state index in [1.54, 1.807) is 18.0 Å². The summed E-state index contributed by atoms with van der Waals surface area (Å²) in [5.41, 5.74) is 0.599. The van der Waals surface area contributed by atoms with Gasteiger partial charge >= 0.3 is 0 Å². The molecular formula is C14H22N2O3. The molecule has 5 nitrogen and oxygen atoms in total. The van der Waals surface area contributed by atoms with Crippen LogP contribution in [-0.4, -0.2) is 35.4 Å². The van der Waals surface area contributed by atoms with Crippen LogP contribution in [0, 0.1) is 0 Å². The molecule has 0 saturated carbocycles. The van der Waals surface area contributed by atoms with Gasteiger partial charge in [-0.2, -0.15) is 5.10 Å². The molecule has 0 spiro atoms. The van der Waals surface area contributed by atoms with Crippen molar-refractivity contribution in [2.24, 2.45) is 0 Å². The molecule has 0 aliphatic carbocycles. The first-order valence-corrected chi connectivity index (χ1v) is 7.00. The second-order valence-electron chi connectivity index (χ2n) is 4.88. The predicted molar refractivity (Wildman–Crippen MR) is 71.6 cm³/mol. The van der Waals surface area contributed by atoms with Crippen molar-refractivity contribution < 1.29 is 14.3 Å². The number of carbonyl (C=O) groups excluding carboxylic acids is 1. The van der Waals surface area contributed by atoms with E-state index >= 15 is 0 Å². The minimum absolute atomic E-state index is 0.0956. The first-order chi connectivity index (χ1) is 9.26. The van der Waals surface area contributed by atoms with Crippen LogP contribution in [0.1, 0.15) is 49.5 Å². The molecule has 1 aromatic heterocycles. The molecule has 19 heavy (non-hydrogen) atoms. The summed E-state index contributed by atoms with van der Waals surface area (Å²) >= 11 is 0. The number of ether oxygens (including phenoxy) is 2. The van der Waals surface area contributed by atoms with Crippen LogP contribution in [0.3, 0.4) is 0 Å². The second kappa shape index (κ2) is 6.70. The molecule has 1 aliphatic rings. The molecule has 1 aliphatic heterocycles. The van der Waals surface area contributed by atoms with Gasteiger partial charge in [-0.3, -0.25) is 9.48 Å². The highest BCUT2D eigenvalue weighted by molar-refractivity contribution is 5.97. The van der Waals surface area contributed by atoms with Crippen molar-refractivity contribution in [2.75, 3.05) is 13.7 Å². The maximum absolute atomic E-state index is 12.3. The highest BCUT2D eigenvalue weighted by Gasteiger charge is 2.22. The van der Waals surface area contributed by atoms with Crippen molar-refractivity contribution in [1.29, 1.82) is 0 Å². The van der Waals surface area contributed by atoms with Crippen LogP contribution < -0.4 is 4.74 Å².